The van der Waals surface area contributed by atoms with E-state index in [0.29, 0.717) is 0 Å². The zero-order valence-corrected chi connectivity index (χ0v) is 9.86. The molecule has 1 aromatic rings. The predicted molar refractivity (Wildman–Crippen MR) is 61.1 cm³/mol. The van der Waals surface area contributed by atoms with E-state index in [1.54, 1.807) is 0 Å². The highest BCUT2D eigenvalue weighted by Crippen LogP contribution is 2.39. The highest BCUT2D eigenvalue weighted by atomic mass is 19.1. The molecule has 3 rings (SSSR count). The number of hydrogen-bond acceptors (Lipinski definition) is 2. The largest absolute Gasteiger partial charge is 0.374 e. The van der Waals surface area contributed by atoms with Crippen LogP contribution in [-0.2, 0) is 16.0 Å². The summed E-state index contributed by atoms with van der Waals surface area (Å²) in [6.07, 6.45) is 2.82. The minimum atomic E-state index is -0.520. The van der Waals surface area contributed by atoms with Gasteiger partial charge in [-0.25, -0.2) is 8.78 Å². The Morgan fingerprint density at radius 3 is 2.83 bits per heavy atom. The minimum absolute atomic E-state index is 0.000814. The molecule has 0 aromatic heterocycles. The summed E-state index contributed by atoms with van der Waals surface area (Å²) in [5.74, 6) is -1.20. The molecule has 2 aliphatic heterocycles. The number of halogens is 2. The van der Waals surface area contributed by atoms with Crippen LogP contribution in [0.4, 0.5) is 8.78 Å². The summed E-state index contributed by atoms with van der Waals surface area (Å²) in [5.41, 5.74) is 0.141. The number of rotatable bonds is 3. The Balaban J connectivity index is 1.72. The Hall–Kier alpha value is -1.29. The first-order chi connectivity index (χ1) is 8.63. The quantitative estimate of drug-likeness (QED) is 0.826. The monoisotopic (exact) mass is 252 g/mol. The smallest absolute Gasteiger partial charge is 0.143 e. The lowest BCUT2D eigenvalue weighted by Gasteiger charge is -2.17. The molecule has 2 heterocycles. The summed E-state index contributed by atoms with van der Waals surface area (Å²) < 4.78 is 32.1. The normalized spacial score (nSPS) is 29.8. The van der Waals surface area contributed by atoms with E-state index in [-0.39, 0.29) is 35.9 Å². The molecule has 3 atom stereocenters. The molecule has 1 aromatic carbocycles. The zero-order valence-electron chi connectivity index (χ0n) is 9.86. The van der Waals surface area contributed by atoms with Gasteiger partial charge in [0.05, 0.1) is 12.2 Å². The van der Waals surface area contributed by atoms with Gasteiger partial charge in [-0.2, -0.15) is 0 Å². The van der Waals surface area contributed by atoms with Gasteiger partial charge in [-0.3, -0.25) is 4.79 Å². The van der Waals surface area contributed by atoms with Crippen molar-refractivity contribution in [2.75, 3.05) is 0 Å². The molecule has 0 amide bonds. The molecule has 2 saturated heterocycles. The molecular weight excluding hydrogens is 238 g/mol. The second-order valence-electron chi connectivity index (χ2n) is 5.09. The van der Waals surface area contributed by atoms with Crippen LogP contribution in [0.5, 0.6) is 0 Å². The van der Waals surface area contributed by atoms with E-state index in [0.717, 1.165) is 37.5 Å². The first-order valence-electron chi connectivity index (χ1n) is 6.25. The van der Waals surface area contributed by atoms with Crippen molar-refractivity contribution in [2.24, 2.45) is 5.92 Å². The van der Waals surface area contributed by atoms with E-state index in [4.69, 9.17) is 4.74 Å². The number of fused-ring (bicyclic) bond motifs is 2. The van der Waals surface area contributed by atoms with Crippen LogP contribution in [0.15, 0.2) is 18.2 Å². The zero-order chi connectivity index (χ0) is 12.7. The van der Waals surface area contributed by atoms with Crippen LogP contribution in [0.1, 0.15) is 24.8 Å². The summed E-state index contributed by atoms with van der Waals surface area (Å²) in [6.45, 7) is 0. The summed E-state index contributed by atoms with van der Waals surface area (Å²) in [7, 11) is 0. The van der Waals surface area contributed by atoms with E-state index in [1.807, 2.05) is 0 Å². The Bertz CT molecular complexity index is 487. The second kappa shape index (κ2) is 4.43. The molecule has 0 saturated carbocycles. The molecule has 18 heavy (non-hydrogen) atoms. The van der Waals surface area contributed by atoms with Crippen LogP contribution in [-0.4, -0.2) is 18.0 Å². The average Bonchev–Trinajstić information content (AvgIpc) is 2.96. The minimum Gasteiger partial charge on any atom is -0.374 e. The highest BCUT2D eigenvalue weighted by molar-refractivity contribution is 5.84. The SMILES string of the molecule is O=C(Cc1cc(F)ccc1F)C1CC2CCC1O2. The molecule has 0 radical (unpaired) electrons. The van der Waals surface area contributed by atoms with Crippen molar-refractivity contribution >= 4 is 5.78 Å². The van der Waals surface area contributed by atoms with Crippen molar-refractivity contribution in [3.8, 4) is 0 Å². The van der Waals surface area contributed by atoms with Crippen molar-refractivity contribution in [3.05, 3.63) is 35.4 Å². The van der Waals surface area contributed by atoms with Gasteiger partial charge in [0.2, 0.25) is 0 Å². The van der Waals surface area contributed by atoms with Crippen LogP contribution in [0.3, 0.4) is 0 Å². The molecular formula is C14H14F2O2. The van der Waals surface area contributed by atoms with Gasteiger partial charge in [0.25, 0.3) is 0 Å². The third kappa shape index (κ3) is 2.05. The topological polar surface area (TPSA) is 26.3 Å². The molecule has 2 aliphatic rings. The molecule has 0 spiro atoms. The Morgan fingerprint density at radius 1 is 1.33 bits per heavy atom. The average molecular weight is 252 g/mol. The van der Waals surface area contributed by atoms with Gasteiger partial charge in [-0.15, -0.1) is 0 Å². The van der Waals surface area contributed by atoms with Gasteiger partial charge in [0.15, 0.2) is 0 Å². The maximum atomic E-state index is 13.5. The number of carbonyl (C=O) groups is 1. The van der Waals surface area contributed by atoms with Gasteiger partial charge in [0.1, 0.15) is 17.4 Å². The fraction of sp³-hybridized carbons (Fsp3) is 0.500. The number of ether oxygens (including phenoxy) is 1. The van der Waals surface area contributed by atoms with Gasteiger partial charge in [0, 0.05) is 12.3 Å². The van der Waals surface area contributed by atoms with Crippen LogP contribution in [0.25, 0.3) is 0 Å². The van der Waals surface area contributed by atoms with E-state index in [2.05, 4.69) is 0 Å². The van der Waals surface area contributed by atoms with Crippen molar-refractivity contribution in [1.29, 1.82) is 0 Å². The molecule has 0 N–H and O–H groups in total. The summed E-state index contributed by atoms with van der Waals surface area (Å²) in [4.78, 5) is 12.1. The van der Waals surface area contributed by atoms with E-state index in [9.17, 15) is 13.6 Å². The first kappa shape index (κ1) is 11.8. The molecule has 96 valence electrons. The van der Waals surface area contributed by atoms with Gasteiger partial charge in [-0.05, 0) is 43.0 Å². The fourth-order valence-electron chi connectivity index (χ4n) is 2.97. The Morgan fingerprint density at radius 2 is 2.17 bits per heavy atom. The van der Waals surface area contributed by atoms with E-state index < -0.39 is 11.6 Å². The first-order valence-corrected chi connectivity index (χ1v) is 6.25. The molecule has 2 fully saturated rings. The second-order valence-corrected chi connectivity index (χ2v) is 5.09. The predicted octanol–water partition coefficient (Wildman–Crippen LogP) is 2.64. The third-order valence-corrected chi connectivity index (χ3v) is 3.89. The summed E-state index contributed by atoms with van der Waals surface area (Å²) in [5, 5.41) is 0. The van der Waals surface area contributed by atoms with Crippen LogP contribution in [0.2, 0.25) is 0 Å². The molecule has 4 heteroatoms. The van der Waals surface area contributed by atoms with Crippen molar-refractivity contribution < 1.29 is 18.3 Å². The van der Waals surface area contributed by atoms with Gasteiger partial charge >= 0.3 is 0 Å². The number of carbonyl (C=O) groups excluding carboxylic acids is 1. The number of benzene rings is 1. The number of Topliss-reactive ketones (excluding diaryl/α,β-unsaturated/α-hetero) is 1. The van der Waals surface area contributed by atoms with E-state index in [1.165, 1.54) is 0 Å². The van der Waals surface area contributed by atoms with Crippen LogP contribution in [0, 0.1) is 17.6 Å². The summed E-state index contributed by atoms with van der Waals surface area (Å²) >= 11 is 0. The van der Waals surface area contributed by atoms with Crippen molar-refractivity contribution in [3.63, 3.8) is 0 Å². The van der Waals surface area contributed by atoms with Gasteiger partial charge in [-0.1, -0.05) is 0 Å². The maximum Gasteiger partial charge on any atom is 0.143 e. The molecule has 0 aliphatic carbocycles. The molecule has 2 nitrogen and oxygen atoms in total. The maximum absolute atomic E-state index is 13.5. The van der Waals surface area contributed by atoms with Crippen molar-refractivity contribution in [2.45, 2.75) is 37.9 Å². The van der Waals surface area contributed by atoms with Crippen LogP contribution < -0.4 is 0 Å². The van der Waals surface area contributed by atoms with Gasteiger partial charge < -0.3 is 4.74 Å². The fourth-order valence-corrected chi connectivity index (χ4v) is 2.97. The lowest BCUT2D eigenvalue weighted by atomic mass is 9.84. The summed E-state index contributed by atoms with van der Waals surface area (Å²) in [6, 6.07) is 3.22. The van der Waals surface area contributed by atoms with Crippen LogP contribution >= 0.6 is 0 Å². The third-order valence-electron chi connectivity index (χ3n) is 3.89. The van der Waals surface area contributed by atoms with E-state index >= 15 is 0 Å². The lowest BCUT2D eigenvalue weighted by Crippen LogP contribution is -2.26. The number of ketones is 1. The molecule has 2 bridgehead atoms. The lowest BCUT2D eigenvalue weighted by molar-refractivity contribution is -0.123. The number of hydrogen-bond donors (Lipinski definition) is 0. The standard InChI is InChI=1S/C14H14F2O2/c15-9-1-3-12(16)8(5-9)6-13(17)11-7-10-2-4-14(11)18-10/h1,3,5,10-11,14H,2,4,6-7H2. The Labute approximate surface area is 104 Å². The molecule has 3 unspecified atom stereocenters. The highest BCUT2D eigenvalue weighted by Gasteiger charge is 2.44. The van der Waals surface area contributed by atoms with Crippen molar-refractivity contribution in [1.82, 2.24) is 0 Å². The Kier molecular flexibility index (Phi) is 2.90.